The van der Waals surface area contributed by atoms with Crippen LogP contribution in [0.4, 0.5) is 0 Å². The van der Waals surface area contributed by atoms with Gasteiger partial charge in [0.25, 0.3) is 5.91 Å². The summed E-state index contributed by atoms with van der Waals surface area (Å²) in [5.74, 6) is -0.104. The van der Waals surface area contributed by atoms with Crippen LogP contribution in [0.3, 0.4) is 0 Å². The third-order valence-electron chi connectivity index (χ3n) is 4.80. The quantitative estimate of drug-likeness (QED) is 0.815. The number of aromatic nitrogens is 2. The highest BCUT2D eigenvalue weighted by Gasteiger charge is 2.44. The number of carbonyl (C=O) groups excluding carboxylic acids is 3. The van der Waals surface area contributed by atoms with E-state index < -0.39 is 0 Å². The molecule has 3 heterocycles. The predicted octanol–water partition coefficient (Wildman–Crippen LogP) is 0.697. The van der Waals surface area contributed by atoms with E-state index in [-0.39, 0.29) is 28.7 Å². The third-order valence-corrected chi connectivity index (χ3v) is 4.80. The van der Waals surface area contributed by atoms with Gasteiger partial charge in [-0.2, -0.15) is 5.10 Å². The van der Waals surface area contributed by atoms with Crippen molar-refractivity contribution in [1.29, 1.82) is 0 Å². The molecule has 1 aromatic heterocycles. The second-order valence-electron chi connectivity index (χ2n) is 6.44. The molecule has 7 nitrogen and oxygen atoms in total. The smallest absolute Gasteiger partial charge is 0.271 e. The third kappa shape index (κ3) is 2.51. The number of H-pyrrole nitrogens is 1. The number of nitrogens with zero attached hydrogens (tertiary/aromatic N) is 3. The van der Waals surface area contributed by atoms with Crippen LogP contribution in [-0.4, -0.2) is 64.3 Å². The monoisotopic (exact) mass is 304 g/mol. The predicted molar refractivity (Wildman–Crippen MR) is 78.4 cm³/mol. The lowest BCUT2D eigenvalue weighted by atomic mass is 9.77. The van der Waals surface area contributed by atoms with Crippen LogP contribution in [0.5, 0.6) is 0 Å². The van der Waals surface area contributed by atoms with E-state index in [4.69, 9.17) is 0 Å². The Kier molecular flexibility index (Phi) is 3.50. The molecule has 1 N–H and O–H groups in total. The van der Waals surface area contributed by atoms with Crippen molar-refractivity contribution in [2.24, 2.45) is 5.41 Å². The van der Waals surface area contributed by atoms with Crippen molar-refractivity contribution in [3.8, 4) is 0 Å². The number of piperidine rings is 1. The normalized spacial score (nSPS) is 20.7. The average Bonchev–Trinajstić information content (AvgIpc) is 3.06. The molecule has 7 heteroatoms. The van der Waals surface area contributed by atoms with E-state index in [1.54, 1.807) is 9.80 Å². The molecule has 2 aliphatic rings. The summed E-state index contributed by atoms with van der Waals surface area (Å²) >= 11 is 0. The molecule has 118 valence electrons. The van der Waals surface area contributed by atoms with E-state index in [1.165, 1.54) is 13.0 Å². The van der Waals surface area contributed by atoms with E-state index >= 15 is 0 Å². The van der Waals surface area contributed by atoms with Gasteiger partial charge in [-0.25, -0.2) is 0 Å². The van der Waals surface area contributed by atoms with E-state index in [0.29, 0.717) is 25.2 Å². The minimum Gasteiger partial charge on any atom is -0.345 e. The molecule has 22 heavy (non-hydrogen) atoms. The number of likely N-dealkylation sites (tertiary alicyclic amines) is 2. The van der Waals surface area contributed by atoms with E-state index in [9.17, 15) is 14.4 Å². The molecule has 1 spiro atoms. The molecule has 3 rings (SSSR count). The summed E-state index contributed by atoms with van der Waals surface area (Å²) in [5.41, 5.74) is 0.654. The summed E-state index contributed by atoms with van der Waals surface area (Å²) in [6.45, 7) is 3.47. The van der Waals surface area contributed by atoms with E-state index in [2.05, 4.69) is 10.2 Å². The zero-order valence-electron chi connectivity index (χ0n) is 12.9. The second-order valence-corrected chi connectivity index (χ2v) is 6.44. The zero-order valence-corrected chi connectivity index (χ0v) is 12.9. The van der Waals surface area contributed by atoms with Gasteiger partial charge in [-0.1, -0.05) is 0 Å². The first kappa shape index (κ1) is 14.7. The van der Waals surface area contributed by atoms with Crippen LogP contribution in [0, 0.1) is 5.41 Å². The number of carbonyl (C=O) groups is 3. The van der Waals surface area contributed by atoms with Gasteiger partial charge in [0.15, 0.2) is 5.78 Å². The van der Waals surface area contributed by atoms with Crippen LogP contribution < -0.4 is 0 Å². The number of ketones is 1. The summed E-state index contributed by atoms with van der Waals surface area (Å²) in [6.07, 6.45) is 2.26. The van der Waals surface area contributed by atoms with Gasteiger partial charge in [-0.3, -0.25) is 19.5 Å². The molecule has 0 unspecified atom stereocenters. The fourth-order valence-electron chi connectivity index (χ4n) is 3.40. The molecule has 2 fully saturated rings. The molecule has 0 saturated carbocycles. The number of hydrogen-bond acceptors (Lipinski definition) is 4. The Labute approximate surface area is 128 Å². The summed E-state index contributed by atoms with van der Waals surface area (Å²) in [7, 11) is 1.84. The first-order valence-corrected chi connectivity index (χ1v) is 7.50. The number of nitrogens with one attached hydrogen (secondary N) is 1. The molecule has 2 aliphatic heterocycles. The van der Waals surface area contributed by atoms with Gasteiger partial charge < -0.3 is 9.80 Å². The molecule has 0 atom stereocenters. The summed E-state index contributed by atoms with van der Waals surface area (Å²) in [5, 5.41) is 6.48. The molecule has 2 amide bonds. The van der Waals surface area contributed by atoms with Crippen molar-refractivity contribution >= 4 is 17.6 Å². The minimum atomic E-state index is -0.166. The highest BCUT2D eigenvalue weighted by molar-refractivity contribution is 5.97. The molecule has 0 aromatic carbocycles. The Morgan fingerprint density at radius 1 is 1.32 bits per heavy atom. The molecule has 0 bridgehead atoms. The van der Waals surface area contributed by atoms with Crippen LogP contribution in [0.15, 0.2) is 6.07 Å². The highest BCUT2D eigenvalue weighted by Crippen LogP contribution is 2.40. The average molecular weight is 304 g/mol. The topological polar surface area (TPSA) is 86.4 Å². The molecule has 1 aromatic rings. The number of amides is 2. The first-order valence-electron chi connectivity index (χ1n) is 7.50. The second kappa shape index (κ2) is 5.23. The summed E-state index contributed by atoms with van der Waals surface area (Å²) in [6, 6.07) is 1.50. The molecule has 0 aliphatic carbocycles. The van der Waals surface area contributed by atoms with Crippen LogP contribution in [-0.2, 0) is 4.79 Å². The maximum atomic E-state index is 12.4. The van der Waals surface area contributed by atoms with Gasteiger partial charge in [0.05, 0.1) is 0 Å². The first-order chi connectivity index (χ1) is 10.4. The van der Waals surface area contributed by atoms with Crippen molar-refractivity contribution < 1.29 is 14.4 Å². The molecular formula is C15H20N4O3. The lowest BCUT2D eigenvalue weighted by Crippen LogP contribution is -2.44. The van der Waals surface area contributed by atoms with Gasteiger partial charge in [0.2, 0.25) is 5.91 Å². The maximum absolute atomic E-state index is 12.4. The van der Waals surface area contributed by atoms with Gasteiger partial charge in [-0.05, 0) is 18.9 Å². The fourth-order valence-corrected chi connectivity index (χ4v) is 3.40. The number of rotatable bonds is 2. The van der Waals surface area contributed by atoms with Crippen molar-refractivity contribution in [2.75, 3.05) is 26.7 Å². The van der Waals surface area contributed by atoms with Crippen molar-refractivity contribution in [3.63, 3.8) is 0 Å². The van der Waals surface area contributed by atoms with Crippen molar-refractivity contribution in [2.45, 2.75) is 26.2 Å². The van der Waals surface area contributed by atoms with Gasteiger partial charge in [-0.15, -0.1) is 0 Å². The SMILES string of the molecule is CC(=O)c1cc(C(=O)N2CCC3(CC2)CC(=O)N(C)C3)[nH]n1. The van der Waals surface area contributed by atoms with Crippen LogP contribution in [0.2, 0.25) is 0 Å². The highest BCUT2D eigenvalue weighted by atomic mass is 16.2. The fraction of sp³-hybridized carbons (Fsp3) is 0.600. The van der Waals surface area contributed by atoms with Gasteiger partial charge in [0.1, 0.15) is 11.4 Å². The maximum Gasteiger partial charge on any atom is 0.271 e. The Bertz CT molecular complexity index is 628. The van der Waals surface area contributed by atoms with Crippen LogP contribution in [0.25, 0.3) is 0 Å². The lowest BCUT2D eigenvalue weighted by Gasteiger charge is -2.38. The van der Waals surface area contributed by atoms with E-state index in [1.807, 2.05) is 7.05 Å². The van der Waals surface area contributed by atoms with Crippen molar-refractivity contribution in [1.82, 2.24) is 20.0 Å². The zero-order chi connectivity index (χ0) is 15.9. The Hall–Kier alpha value is -2.18. The van der Waals surface area contributed by atoms with Crippen molar-refractivity contribution in [3.05, 3.63) is 17.5 Å². The largest absolute Gasteiger partial charge is 0.345 e. The number of hydrogen-bond donors (Lipinski definition) is 1. The Morgan fingerprint density at radius 2 is 2.00 bits per heavy atom. The molecule has 2 saturated heterocycles. The Morgan fingerprint density at radius 3 is 2.50 bits per heavy atom. The standard InChI is InChI=1S/C15H20N4O3/c1-10(20)11-7-12(17-16-11)14(22)19-5-3-15(4-6-19)8-13(21)18(2)9-15/h7H,3-6,8-9H2,1-2H3,(H,16,17). The minimum absolute atomic E-state index is 0.0289. The summed E-state index contributed by atoms with van der Waals surface area (Å²) < 4.78 is 0. The van der Waals surface area contributed by atoms with Crippen LogP contribution in [0.1, 0.15) is 47.2 Å². The van der Waals surface area contributed by atoms with Gasteiger partial charge in [0, 0.05) is 45.4 Å². The van der Waals surface area contributed by atoms with Crippen LogP contribution >= 0.6 is 0 Å². The molecule has 0 radical (unpaired) electrons. The lowest BCUT2D eigenvalue weighted by molar-refractivity contribution is -0.126. The number of aromatic amines is 1. The summed E-state index contributed by atoms with van der Waals surface area (Å²) in [4.78, 5) is 39.0. The van der Waals surface area contributed by atoms with E-state index in [0.717, 1.165) is 19.4 Å². The number of Topliss-reactive ketones (excluding diaryl/α,β-unsaturated/α-hetero) is 1. The molecular weight excluding hydrogens is 284 g/mol. The van der Waals surface area contributed by atoms with Gasteiger partial charge >= 0.3 is 0 Å². The Balaban J connectivity index is 1.65.